The predicted octanol–water partition coefficient (Wildman–Crippen LogP) is 4.73. The SMILES string of the molecule is CCC=CCC1C(C)=CCCC1(C)C. The molecule has 0 spiro atoms. The summed E-state index contributed by atoms with van der Waals surface area (Å²) in [5.41, 5.74) is 2.10. The Labute approximate surface area is 89.1 Å². The van der Waals surface area contributed by atoms with Crippen LogP contribution < -0.4 is 0 Å². The molecule has 0 amide bonds. The molecule has 0 radical (unpaired) electrons. The smallest absolute Gasteiger partial charge is 0.0120 e. The largest absolute Gasteiger partial charge is 0.0888 e. The van der Waals surface area contributed by atoms with Gasteiger partial charge < -0.3 is 0 Å². The molecule has 0 heterocycles. The first-order valence-electron chi connectivity index (χ1n) is 5.89. The predicted molar refractivity (Wildman–Crippen MR) is 64.3 cm³/mol. The van der Waals surface area contributed by atoms with Gasteiger partial charge in [0.25, 0.3) is 0 Å². The summed E-state index contributed by atoms with van der Waals surface area (Å²) in [4.78, 5) is 0. The summed E-state index contributed by atoms with van der Waals surface area (Å²) in [5, 5.41) is 0. The molecule has 1 aliphatic carbocycles. The van der Waals surface area contributed by atoms with E-state index in [2.05, 4.69) is 45.9 Å². The third-order valence-corrected chi connectivity index (χ3v) is 3.52. The Bertz CT molecular complexity index is 230. The summed E-state index contributed by atoms with van der Waals surface area (Å²) >= 11 is 0. The Morgan fingerprint density at radius 2 is 2.14 bits per heavy atom. The first kappa shape index (κ1) is 11.6. The maximum absolute atomic E-state index is 2.43. The van der Waals surface area contributed by atoms with Crippen LogP contribution in [-0.2, 0) is 0 Å². The standard InChI is InChI=1S/C14H24/c1-5-6-7-10-13-12(2)9-8-11-14(13,3)4/h6-7,9,13H,5,8,10-11H2,1-4H3. The van der Waals surface area contributed by atoms with Crippen molar-refractivity contribution in [3.05, 3.63) is 23.8 Å². The lowest BCUT2D eigenvalue weighted by Gasteiger charge is -2.38. The molecule has 1 unspecified atom stereocenters. The van der Waals surface area contributed by atoms with Crippen LogP contribution in [0.4, 0.5) is 0 Å². The lowest BCUT2D eigenvalue weighted by molar-refractivity contribution is 0.216. The number of hydrogen-bond donors (Lipinski definition) is 0. The van der Waals surface area contributed by atoms with Crippen LogP contribution in [0.25, 0.3) is 0 Å². The van der Waals surface area contributed by atoms with E-state index in [4.69, 9.17) is 0 Å². The average molecular weight is 192 g/mol. The fourth-order valence-corrected chi connectivity index (χ4v) is 2.51. The van der Waals surface area contributed by atoms with E-state index in [1.165, 1.54) is 19.3 Å². The van der Waals surface area contributed by atoms with E-state index in [0.29, 0.717) is 5.41 Å². The van der Waals surface area contributed by atoms with Gasteiger partial charge in [0.15, 0.2) is 0 Å². The molecule has 0 saturated heterocycles. The molecule has 0 N–H and O–H groups in total. The van der Waals surface area contributed by atoms with Crippen LogP contribution in [-0.4, -0.2) is 0 Å². The highest BCUT2D eigenvalue weighted by Crippen LogP contribution is 2.42. The Morgan fingerprint density at radius 3 is 2.71 bits per heavy atom. The van der Waals surface area contributed by atoms with E-state index < -0.39 is 0 Å². The molecule has 0 aromatic heterocycles. The van der Waals surface area contributed by atoms with Crippen LogP contribution in [0.1, 0.15) is 53.4 Å². The Balaban J connectivity index is 2.66. The van der Waals surface area contributed by atoms with Gasteiger partial charge in [-0.3, -0.25) is 0 Å². The number of allylic oxidation sites excluding steroid dienone is 4. The lowest BCUT2D eigenvalue weighted by Crippen LogP contribution is -2.27. The Kier molecular flexibility index (Phi) is 3.97. The minimum Gasteiger partial charge on any atom is -0.0888 e. The van der Waals surface area contributed by atoms with Gasteiger partial charge in [-0.2, -0.15) is 0 Å². The molecule has 0 heteroatoms. The van der Waals surface area contributed by atoms with Crippen molar-refractivity contribution in [2.45, 2.75) is 53.4 Å². The van der Waals surface area contributed by atoms with Crippen molar-refractivity contribution in [2.24, 2.45) is 11.3 Å². The third-order valence-electron chi connectivity index (χ3n) is 3.52. The molecular formula is C14H24. The van der Waals surface area contributed by atoms with Crippen LogP contribution >= 0.6 is 0 Å². The minimum atomic E-state index is 0.497. The Hall–Kier alpha value is -0.520. The van der Waals surface area contributed by atoms with Crippen molar-refractivity contribution >= 4 is 0 Å². The maximum atomic E-state index is 2.43. The van der Waals surface area contributed by atoms with E-state index >= 15 is 0 Å². The summed E-state index contributed by atoms with van der Waals surface area (Å²) in [6.07, 6.45) is 12.1. The van der Waals surface area contributed by atoms with Crippen LogP contribution in [0.15, 0.2) is 23.8 Å². The van der Waals surface area contributed by atoms with E-state index in [1.807, 2.05) is 0 Å². The van der Waals surface area contributed by atoms with Crippen LogP contribution in [0.3, 0.4) is 0 Å². The first-order valence-corrected chi connectivity index (χ1v) is 5.89. The molecular weight excluding hydrogens is 168 g/mol. The molecule has 0 aromatic rings. The summed E-state index contributed by atoms with van der Waals surface area (Å²) in [7, 11) is 0. The van der Waals surface area contributed by atoms with Gasteiger partial charge >= 0.3 is 0 Å². The molecule has 1 aliphatic rings. The molecule has 0 fully saturated rings. The Morgan fingerprint density at radius 1 is 1.43 bits per heavy atom. The van der Waals surface area contributed by atoms with Gasteiger partial charge in [-0.05, 0) is 43.9 Å². The highest BCUT2D eigenvalue weighted by Gasteiger charge is 2.31. The molecule has 0 saturated carbocycles. The molecule has 0 aromatic carbocycles. The second kappa shape index (κ2) is 4.82. The van der Waals surface area contributed by atoms with E-state index in [0.717, 1.165) is 12.3 Å². The average Bonchev–Trinajstić information content (AvgIpc) is 2.09. The second-order valence-electron chi connectivity index (χ2n) is 5.14. The summed E-state index contributed by atoms with van der Waals surface area (Å²) in [6, 6.07) is 0. The third kappa shape index (κ3) is 2.73. The van der Waals surface area contributed by atoms with Gasteiger partial charge in [-0.1, -0.05) is 44.6 Å². The quantitative estimate of drug-likeness (QED) is 0.567. The fourth-order valence-electron chi connectivity index (χ4n) is 2.51. The zero-order valence-corrected chi connectivity index (χ0v) is 10.1. The highest BCUT2D eigenvalue weighted by atomic mass is 14.4. The lowest BCUT2D eigenvalue weighted by atomic mass is 9.67. The van der Waals surface area contributed by atoms with Crippen molar-refractivity contribution < 1.29 is 0 Å². The highest BCUT2D eigenvalue weighted by molar-refractivity contribution is 5.13. The van der Waals surface area contributed by atoms with E-state index in [1.54, 1.807) is 5.57 Å². The molecule has 0 bridgehead atoms. The second-order valence-corrected chi connectivity index (χ2v) is 5.14. The molecule has 14 heavy (non-hydrogen) atoms. The summed E-state index contributed by atoms with van der Waals surface area (Å²) in [6.45, 7) is 9.32. The zero-order valence-electron chi connectivity index (χ0n) is 10.1. The van der Waals surface area contributed by atoms with Crippen molar-refractivity contribution in [2.75, 3.05) is 0 Å². The van der Waals surface area contributed by atoms with Crippen LogP contribution in [0, 0.1) is 11.3 Å². The number of rotatable bonds is 3. The fraction of sp³-hybridized carbons (Fsp3) is 0.714. The molecule has 0 nitrogen and oxygen atoms in total. The van der Waals surface area contributed by atoms with Gasteiger partial charge in [0.1, 0.15) is 0 Å². The topological polar surface area (TPSA) is 0 Å². The molecule has 1 rings (SSSR count). The van der Waals surface area contributed by atoms with E-state index in [-0.39, 0.29) is 0 Å². The van der Waals surface area contributed by atoms with Crippen molar-refractivity contribution in [1.82, 2.24) is 0 Å². The number of hydrogen-bond acceptors (Lipinski definition) is 0. The van der Waals surface area contributed by atoms with E-state index in [9.17, 15) is 0 Å². The van der Waals surface area contributed by atoms with Crippen molar-refractivity contribution in [1.29, 1.82) is 0 Å². The minimum absolute atomic E-state index is 0.497. The summed E-state index contributed by atoms with van der Waals surface area (Å²) in [5.74, 6) is 0.763. The van der Waals surface area contributed by atoms with Crippen LogP contribution in [0.2, 0.25) is 0 Å². The monoisotopic (exact) mass is 192 g/mol. The normalized spacial score (nSPS) is 26.6. The van der Waals surface area contributed by atoms with Crippen molar-refractivity contribution in [3.63, 3.8) is 0 Å². The molecule has 80 valence electrons. The summed E-state index contributed by atoms with van der Waals surface area (Å²) < 4.78 is 0. The zero-order chi connectivity index (χ0) is 10.6. The molecule has 1 atom stereocenters. The van der Waals surface area contributed by atoms with Gasteiger partial charge in [-0.15, -0.1) is 0 Å². The maximum Gasteiger partial charge on any atom is -0.0120 e. The van der Waals surface area contributed by atoms with Gasteiger partial charge in [0.2, 0.25) is 0 Å². The molecule has 0 aliphatic heterocycles. The van der Waals surface area contributed by atoms with Crippen LogP contribution in [0.5, 0.6) is 0 Å². The van der Waals surface area contributed by atoms with Gasteiger partial charge in [0, 0.05) is 0 Å². The first-order chi connectivity index (χ1) is 6.58. The van der Waals surface area contributed by atoms with Gasteiger partial charge in [0.05, 0.1) is 0 Å². The van der Waals surface area contributed by atoms with Crippen molar-refractivity contribution in [3.8, 4) is 0 Å². The van der Waals surface area contributed by atoms with Gasteiger partial charge in [-0.25, -0.2) is 0 Å².